The summed E-state index contributed by atoms with van der Waals surface area (Å²) in [5.41, 5.74) is 5.14. The Bertz CT molecular complexity index is 1410. The first kappa shape index (κ1) is 23.7. The molecule has 0 saturated carbocycles. The van der Waals surface area contributed by atoms with E-state index in [-0.39, 0.29) is 6.04 Å². The fraction of sp³-hybridized carbons (Fsp3) is 0.280. The molecule has 2 aromatic heterocycles. The second-order valence-corrected chi connectivity index (χ2v) is 10.1. The van der Waals surface area contributed by atoms with Gasteiger partial charge < -0.3 is 10.1 Å². The number of fused-ring (bicyclic) bond motifs is 1. The van der Waals surface area contributed by atoms with Crippen LogP contribution in [0.15, 0.2) is 59.8 Å². The van der Waals surface area contributed by atoms with Gasteiger partial charge in [0.2, 0.25) is 15.9 Å². The van der Waals surface area contributed by atoms with E-state index in [0.717, 1.165) is 39.0 Å². The number of methoxy groups -OCH3 is 1. The van der Waals surface area contributed by atoms with Gasteiger partial charge in [0.1, 0.15) is 0 Å². The van der Waals surface area contributed by atoms with Crippen molar-refractivity contribution in [2.24, 2.45) is 0 Å². The molecule has 4 rings (SSSR count). The van der Waals surface area contributed by atoms with Crippen LogP contribution in [-0.4, -0.2) is 42.9 Å². The summed E-state index contributed by atoms with van der Waals surface area (Å²) < 4.78 is 35.9. The van der Waals surface area contributed by atoms with E-state index in [9.17, 15) is 8.42 Å². The molecule has 1 atom stereocenters. The van der Waals surface area contributed by atoms with E-state index in [0.29, 0.717) is 17.3 Å². The fourth-order valence-electron chi connectivity index (χ4n) is 4.25. The molecule has 4 aromatic rings. The molecule has 0 fully saturated rings. The van der Waals surface area contributed by atoms with Gasteiger partial charge >= 0.3 is 0 Å². The lowest BCUT2D eigenvalue weighted by Crippen LogP contribution is -2.38. The number of nitrogens with one attached hydrogen (secondary N) is 2. The van der Waals surface area contributed by atoms with Gasteiger partial charge in [0, 0.05) is 29.7 Å². The number of sulfonamides is 1. The van der Waals surface area contributed by atoms with Crippen molar-refractivity contribution in [3.8, 4) is 11.6 Å². The molecule has 8 nitrogen and oxygen atoms in total. The number of aryl methyl sites for hydroxylation is 3. The molecular formula is C25H29N5O3S. The van der Waals surface area contributed by atoms with Gasteiger partial charge in [-0.25, -0.2) is 22.8 Å². The molecule has 0 spiro atoms. The highest BCUT2D eigenvalue weighted by molar-refractivity contribution is 7.89. The number of ether oxygens (including phenoxy) is 1. The molecule has 9 heteroatoms. The van der Waals surface area contributed by atoms with E-state index >= 15 is 0 Å². The summed E-state index contributed by atoms with van der Waals surface area (Å²) in [6.07, 6.45) is 3.49. The van der Waals surface area contributed by atoms with Crippen molar-refractivity contribution >= 4 is 26.6 Å². The maximum atomic E-state index is 13.1. The van der Waals surface area contributed by atoms with Crippen LogP contribution in [0.25, 0.3) is 16.6 Å². The van der Waals surface area contributed by atoms with Gasteiger partial charge in [-0.05, 0) is 57.0 Å². The van der Waals surface area contributed by atoms with Crippen LogP contribution in [0.4, 0.5) is 5.69 Å². The molecule has 2 heterocycles. The van der Waals surface area contributed by atoms with E-state index < -0.39 is 10.0 Å². The first-order valence-electron chi connectivity index (χ1n) is 11.0. The number of hydrogen-bond donors (Lipinski definition) is 2. The number of rotatable bonds is 8. The van der Waals surface area contributed by atoms with Crippen LogP contribution in [0.5, 0.6) is 5.88 Å². The molecule has 0 saturated heterocycles. The summed E-state index contributed by atoms with van der Waals surface area (Å²) >= 11 is 0. The van der Waals surface area contributed by atoms with Crippen molar-refractivity contribution in [1.29, 1.82) is 0 Å². The van der Waals surface area contributed by atoms with Crippen molar-refractivity contribution in [3.63, 3.8) is 0 Å². The molecule has 0 unspecified atom stereocenters. The zero-order chi connectivity index (χ0) is 24.5. The van der Waals surface area contributed by atoms with Gasteiger partial charge in [-0.3, -0.25) is 0 Å². The average Bonchev–Trinajstić information content (AvgIpc) is 3.21. The van der Waals surface area contributed by atoms with Crippen molar-refractivity contribution < 1.29 is 13.2 Å². The number of benzene rings is 2. The van der Waals surface area contributed by atoms with Crippen LogP contribution >= 0.6 is 0 Å². The van der Waals surface area contributed by atoms with E-state index in [2.05, 4.69) is 20.1 Å². The molecule has 0 aliphatic rings. The Morgan fingerprint density at radius 2 is 1.79 bits per heavy atom. The Morgan fingerprint density at radius 1 is 1.06 bits per heavy atom. The molecule has 0 bridgehead atoms. The molecule has 0 aliphatic heterocycles. The lowest BCUT2D eigenvalue weighted by Gasteiger charge is -2.18. The third-order valence-corrected chi connectivity index (χ3v) is 7.51. The van der Waals surface area contributed by atoms with Gasteiger partial charge in [-0.15, -0.1) is 0 Å². The molecule has 2 aromatic carbocycles. The lowest BCUT2D eigenvalue weighted by molar-refractivity contribution is 0.397. The SMILES string of the molecule is COc1ccc(-n2ncc3c(NC[C@H](C)NS(=O)(=O)c4c(C)cc(C)cc4C)cccc32)cn1. The summed E-state index contributed by atoms with van der Waals surface area (Å²) in [6, 6.07) is 13.0. The number of nitrogens with zero attached hydrogens (tertiary/aromatic N) is 3. The monoisotopic (exact) mass is 479 g/mol. The van der Waals surface area contributed by atoms with Gasteiger partial charge in [-0.2, -0.15) is 5.10 Å². The maximum Gasteiger partial charge on any atom is 0.241 e. The zero-order valence-electron chi connectivity index (χ0n) is 20.0. The molecule has 0 amide bonds. The predicted octanol–water partition coefficient (Wildman–Crippen LogP) is 4.13. The van der Waals surface area contributed by atoms with Gasteiger partial charge in [-0.1, -0.05) is 23.8 Å². The smallest absolute Gasteiger partial charge is 0.241 e. The van der Waals surface area contributed by atoms with Gasteiger partial charge in [0.15, 0.2) is 0 Å². The Balaban J connectivity index is 1.51. The molecule has 34 heavy (non-hydrogen) atoms. The highest BCUT2D eigenvalue weighted by Crippen LogP contribution is 2.26. The minimum Gasteiger partial charge on any atom is -0.481 e. The van der Waals surface area contributed by atoms with E-state index in [1.165, 1.54) is 0 Å². The van der Waals surface area contributed by atoms with Crippen LogP contribution < -0.4 is 14.8 Å². The number of anilines is 1. The van der Waals surface area contributed by atoms with Crippen molar-refractivity contribution in [3.05, 3.63) is 71.5 Å². The maximum absolute atomic E-state index is 13.1. The average molecular weight is 480 g/mol. The van der Waals surface area contributed by atoms with Crippen LogP contribution in [-0.2, 0) is 10.0 Å². The molecular weight excluding hydrogens is 450 g/mol. The highest BCUT2D eigenvalue weighted by atomic mass is 32.2. The van der Waals surface area contributed by atoms with E-state index in [4.69, 9.17) is 4.74 Å². The summed E-state index contributed by atoms with van der Waals surface area (Å²) in [7, 11) is -2.07. The topological polar surface area (TPSA) is 98.1 Å². The van der Waals surface area contributed by atoms with Crippen LogP contribution in [0.1, 0.15) is 23.6 Å². The summed E-state index contributed by atoms with van der Waals surface area (Å²) in [4.78, 5) is 4.60. The van der Waals surface area contributed by atoms with Crippen molar-refractivity contribution in [2.45, 2.75) is 38.6 Å². The summed E-state index contributed by atoms with van der Waals surface area (Å²) in [5.74, 6) is 0.537. The molecule has 2 N–H and O–H groups in total. The Hall–Kier alpha value is -3.43. The van der Waals surface area contributed by atoms with Crippen LogP contribution in [0, 0.1) is 20.8 Å². The Morgan fingerprint density at radius 3 is 2.44 bits per heavy atom. The second kappa shape index (κ2) is 9.44. The lowest BCUT2D eigenvalue weighted by atomic mass is 10.1. The number of aromatic nitrogens is 3. The third kappa shape index (κ3) is 4.76. The fourth-order valence-corrected chi connectivity index (χ4v) is 5.95. The van der Waals surface area contributed by atoms with Crippen LogP contribution in [0.3, 0.4) is 0 Å². The second-order valence-electron chi connectivity index (χ2n) is 8.48. The minimum atomic E-state index is -3.65. The Kier molecular flexibility index (Phi) is 6.58. The van der Waals surface area contributed by atoms with E-state index in [1.54, 1.807) is 25.6 Å². The van der Waals surface area contributed by atoms with Gasteiger partial charge in [0.25, 0.3) is 0 Å². The third-order valence-electron chi connectivity index (χ3n) is 5.62. The van der Waals surface area contributed by atoms with E-state index in [1.807, 2.05) is 68.8 Å². The molecule has 178 valence electrons. The first-order valence-corrected chi connectivity index (χ1v) is 12.5. The van der Waals surface area contributed by atoms with Crippen LogP contribution in [0.2, 0.25) is 0 Å². The van der Waals surface area contributed by atoms with Crippen molar-refractivity contribution in [1.82, 2.24) is 19.5 Å². The highest BCUT2D eigenvalue weighted by Gasteiger charge is 2.22. The quantitative estimate of drug-likeness (QED) is 0.394. The summed E-state index contributed by atoms with van der Waals surface area (Å²) in [6.45, 7) is 7.88. The zero-order valence-corrected chi connectivity index (χ0v) is 20.8. The minimum absolute atomic E-state index is 0.332. The number of hydrogen-bond acceptors (Lipinski definition) is 6. The number of pyridine rings is 1. The van der Waals surface area contributed by atoms with Crippen molar-refractivity contribution in [2.75, 3.05) is 19.0 Å². The standard InChI is InChI=1S/C25H29N5O3S/c1-16-11-17(2)25(18(3)12-16)34(31,32)29-19(4)13-26-22-7-6-8-23-21(22)15-28-30(23)20-9-10-24(33-5)27-14-20/h6-12,14-15,19,26,29H,13H2,1-5H3/t19-/m0/s1. The molecule has 0 radical (unpaired) electrons. The van der Waals surface area contributed by atoms with Gasteiger partial charge in [0.05, 0.1) is 35.6 Å². The largest absolute Gasteiger partial charge is 0.481 e. The Labute approximate surface area is 200 Å². The first-order chi connectivity index (χ1) is 16.2. The predicted molar refractivity (Wildman–Crippen MR) is 134 cm³/mol. The summed E-state index contributed by atoms with van der Waals surface area (Å²) in [5, 5.41) is 8.81. The molecule has 0 aliphatic carbocycles. The normalized spacial score (nSPS) is 12.6.